The maximum atomic E-state index is 5.44. The monoisotopic (exact) mass is 255 g/mol. The van der Waals surface area contributed by atoms with E-state index < -0.39 is 8.59 Å². The number of hydrogen-bond donors (Lipinski definition) is 0. The standard InChI is InChI=1S/C14H29NOSi/c1-4-7-10-11-14-17(13-9-6-3)15-16-12-8-5-2/h4H,1,5-14H2,2-3H3. The van der Waals surface area contributed by atoms with E-state index in [9.17, 15) is 0 Å². The molecule has 0 aliphatic heterocycles. The van der Waals surface area contributed by atoms with Crippen molar-refractivity contribution in [3.05, 3.63) is 12.7 Å². The van der Waals surface area contributed by atoms with Crippen molar-refractivity contribution in [1.29, 1.82) is 0 Å². The Balaban J connectivity index is 3.80. The van der Waals surface area contributed by atoms with E-state index in [1.807, 2.05) is 6.08 Å². The van der Waals surface area contributed by atoms with Gasteiger partial charge in [0.15, 0.2) is 8.59 Å². The second-order valence-corrected chi connectivity index (χ2v) is 6.80. The Morgan fingerprint density at radius 3 is 2.41 bits per heavy atom. The predicted octanol–water partition coefficient (Wildman–Crippen LogP) is 5.13. The zero-order valence-corrected chi connectivity index (χ0v) is 12.7. The van der Waals surface area contributed by atoms with E-state index in [0.717, 1.165) is 19.4 Å². The van der Waals surface area contributed by atoms with Gasteiger partial charge in [-0.05, 0) is 31.4 Å². The van der Waals surface area contributed by atoms with Crippen LogP contribution in [0.5, 0.6) is 0 Å². The van der Waals surface area contributed by atoms with Crippen LogP contribution >= 0.6 is 0 Å². The first-order chi connectivity index (χ1) is 8.35. The molecule has 3 heteroatoms. The third-order valence-electron chi connectivity index (χ3n) is 2.73. The summed E-state index contributed by atoms with van der Waals surface area (Å²) in [5, 5.41) is 0. The molecule has 0 saturated carbocycles. The van der Waals surface area contributed by atoms with Crippen molar-refractivity contribution in [2.45, 2.75) is 70.9 Å². The van der Waals surface area contributed by atoms with Crippen LogP contribution in [0.15, 0.2) is 17.5 Å². The third kappa shape index (κ3) is 11.8. The van der Waals surface area contributed by atoms with E-state index in [1.54, 1.807) is 0 Å². The average molecular weight is 255 g/mol. The molecule has 0 bridgehead atoms. The van der Waals surface area contributed by atoms with Gasteiger partial charge < -0.3 is 4.84 Å². The summed E-state index contributed by atoms with van der Waals surface area (Å²) in [5.41, 5.74) is 0. The minimum absolute atomic E-state index is 0.600. The molecule has 0 aliphatic carbocycles. The van der Waals surface area contributed by atoms with Crippen LogP contribution in [0, 0.1) is 0 Å². The van der Waals surface area contributed by atoms with E-state index in [0.29, 0.717) is 0 Å². The lowest BCUT2D eigenvalue weighted by molar-refractivity contribution is 0.143. The summed E-state index contributed by atoms with van der Waals surface area (Å²) in [5.74, 6) is 0. The summed E-state index contributed by atoms with van der Waals surface area (Å²) >= 11 is 0. The molecule has 100 valence electrons. The van der Waals surface area contributed by atoms with Gasteiger partial charge >= 0.3 is 0 Å². The summed E-state index contributed by atoms with van der Waals surface area (Å²) < 4.78 is 0. The van der Waals surface area contributed by atoms with Gasteiger partial charge in [0.1, 0.15) is 6.61 Å². The molecule has 0 radical (unpaired) electrons. The number of rotatable bonds is 12. The molecule has 0 aliphatic rings. The molecule has 0 spiro atoms. The molecule has 0 heterocycles. The van der Waals surface area contributed by atoms with Gasteiger partial charge in [-0.25, -0.2) is 0 Å². The Labute approximate surface area is 109 Å². The van der Waals surface area contributed by atoms with Crippen molar-refractivity contribution in [1.82, 2.24) is 0 Å². The van der Waals surface area contributed by atoms with Crippen LogP contribution in [0.3, 0.4) is 0 Å². The second-order valence-electron chi connectivity index (χ2n) is 4.48. The number of unbranched alkanes of at least 4 members (excludes halogenated alkanes) is 4. The minimum atomic E-state index is -0.600. The molecule has 2 nitrogen and oxygen atoms in total. The van der Waals surface area contributed by atoms with Crippen LogP contribution in [-0.4, -0.2) is 15.2 Å². The normalized spacial score (nSPS) is 11.5. The van der Waals surface area contributed by atoms with Crippen molar-refractivity contribution in [2.75, 3.05) is 6.61 Å². The quantitative estimate of drug-likeness (QED) is 0.205. The molecule has 0 aromatic rings. The highest BCUT2D eigenvalue weighted by atomic mass is 28.2. The Hall–Kier alpha value is -0.443. The van der Waals surface area contributed by atoms with Crippen LogP contribution < -0.4 is 0 Å². The van der Waals surface area contributed by atoms with Gasteiger partial charge in [-0.1, -0.05) is 45.6 Å². The van der Waals surface area contributed by atoms with Gasteiger partial charge in [-0.2, -0.15) is 4.80 Å². The molecule has 0 aromatic heterocycles. The highest BCUT2D eigenvalue weighted by Crippen LogP contribution is 2.08. The van der Waals surface area contributed by atoms with Crippen LogP contribution in [0.25, 0.3) is 0 Å². The van der Waals surface area contributed by atoms with Gasteiger partial charge in [0.25, 0.3) is 0 Å². The summed E-state index contributed by atoms with van der Waals surface area (Å²) in [6.07, 6.45) is 10.6. The average Bonchev–Trinajstić information content (AvgIpc) is 2.35. The Bertz CT molecular complexity index is 204. The summed E-state index contributed by atoms with van der Waals surface area (Å²) in [4.78, 5) is 9.91. The van der Waals surface area contributed by atoms with Crippen molar-refractivity contribution in [3.8, 4) is 0 Å². The number of allylic oxidation sites excluding steroid dienone is 1. The van der Waals surface area contributed by atoms with E-state index in [4.69, 9.17) is 4.84 Å². The molecule has 0 fully saturated rings. The molecular weight excluding hydrogens is 226 g/mol. The first kappa shape index (κ1) is 16.6. The highest BCUT2D eigenvalue weighted by Gasteiger charge is 2.02. The van der Waals surface area contributed by atoms with E-state index >= 15 is 0 Å². The van der Waals surface area contributed by atoms with E-state index in [-0.39, 0.29) is 0 Å². The van der Waals surface area contributed by atoms with Crippen molar-refractivity contribution < 1.29 is 4.84 Å². The molecule has 0 unspecified atom stereocenters. The molecule has 0 atom stereocenters. The van der Waals surface area contributed by atoms with Gasteiger partial charge in [-0.3, -0.25) is 0 Å². The van der Waals surface area contributed by atoms with Crippen molar-refractivity contribution in [2.24, 2.45) is 4.80 Å². The van der Waals surface area contributed by atoms with Gasteiger partial charge in [-0.15, -0.1) is 6.58 Å². The predicted molar refractivity (Wildman–Crippen MR) is 77.6 cm³/mol. The SMILES string of the molecule is C=CCCCC[Si](CCCC)=NOCCCC. The summed E-state index contributed by atoms with van der Waals surface area (Å²) in [6.45, 7) is 8.99. The lowest BCUT2D eigenvalue weighted by Gasteiger charge is -2.05. The molecule has 17 heavy (non-hydrogen) atoms. The summed E-state index contributed by atoms with van der Waals surface area (Å²) in [6, 6.07) is 2.55. The van der Waals surface area contributed by atoms with Crippen molar-refractivity contribution in [3.63, 3.8) is 0 Å². The number of nitrogens with zero attached hydrogens (tertiary/aromatic N) is 1. The molecule has 0 saturated heterocycles. The molecule has 0 aromatic carbocycles. The lowest BCUT2D eigenvalue weighted by atomic mass is 10.2. The molecule has 0 rings (SSSR count). The fraction of sp³-hybridized carbons (Fsp3) is 0.857. The zero-order chi connectivity index (χ0) is 12.8. The Kier molecular flexibility index (Phi) is 13.3. The Morgan fingerprint density at radius 1 is 1.06 bits per heavy atom. The van der Waals surface area contributed by atoms with E-state index in [2.05, 4.69) is 25.2 Å². The number of hydrogen-bond acceptors (Lipinski definition) is 2. The third-order valence-corrected chi connectivity index (χ3v) is 4.97. The van der Waals surface area contributed by atoms with E-state index in [1.165, 1.54) is 44.2 Å². The first-order valence-corrected chi connectivity index (χ1v) is 8.99. The fourth-order valence-electron chi connectivity index (χ4n) is 1.56. The maximum Gasteiger partial charge on any atom is 0.180 e. The zero-order valence-electron chi connectivity index (χ0n) is 11.7. The largest absolute Gasteiger partial charge is 0.407 e. The summed E-state index contributed by atoms with van der Waals surface area (Å²) in [7, 11) is -0.600. The minimum Gasteiger partial charge on any atom is -0.407 e. The fourth-order valence-corrected chi connectivity index (χ4v) is 3.69. The maximum absolute atomic E-state index is 5.44. The smallest absolute Gasteiger partial charge is 0.180 e. The lowest BCUT2D eigenvalue weighted by Crippen LogP contribution is -2.02. The van der Waals surface area contributed by atoms with Crippen molar-refractivity contribution >= 4 is 8.59 Å². The first-order valence-electron chi connectivity index (χ1n) is 7.13. The van der Waals surface area contributed by atoms with Gasteiger partial charge in [0.2, 0.25) is 0 Å². The molecule has 0 N–H and O–H groups in total. The van der Waals surface area contributed by atoms with Gasteiger partial charge in [0.05, 0.1) is 0 Å². The van der Waals surface area contributed by atoms with Crippen LogP contribution in [-0.2, 0) is 4.84 Å². The Morgan fingerprint density at radius 2 is 1.76 bits per heavy atom. The second kappa shape index (κ2) is 13.6. The molecular formula is C14H29NOSi. The molecule has 0 amide bonds. The highest BCUT2D eigenvalue weighted by molar-refractivity contribution is 6.46. The van der Waals surface area contributed by atoms with Gasteiger partial charge in [0, 0.05) is 0 Å². The topological polar surface area (TPSA) is 21.6 Å². The van der Waals surface area contributed by atoms with Crippen LogP contribution in [0.1, 0.15) is 58.8 Å². The van der Waals surface area contributed by atoms with Crippen LogP contribution in [0.4, 0.5) is 0 Å². The van der Waals surface area contributed by atoms with Crippen LogP contribution in [0.2, 0.25) is 12.1 Å².